The summed E-state index contributed by atoms with van der Waals surface area (Å²) in [6.07, 6.45) is 2.24. The van der Waals surface area contributed by atoms with Crippen molar-refractivity contribution in [3.8, 4) is 5.75 Å². The van der Waals surface area contributed by atoms with Gasteiger partial charge < -0.3 is 9.84 Å². The van der Waals surface area contributed by atoms with E-state index in [1.54, 1.807) is 13.2 Å². The second-order valence-electron chi connectivity index (χ2n) is 5.07. The maximum Gasteiger partial charge on any atom is 0.120 e. The third-order valence-electron chi connectivity index (χ3n) is 3.65. The second-order valence-corrected chi connectivity index (χ2v) is 5.07. The molecule has 1 aromatic rings. The van der Waals surface area contributed by atoms with Crippen molar-refractivity contribution >= 4 is 0 Å². The Hall–Kier alpha value is -1.06. The molecule has 0 radical (unpaired) electrons. The molecule has 0 aliphatic carbocycles. The van der Waals surface area contributed by atoms with Crippen LogP contribution in [0.3, 0.4) is 0 Å². The first kappa shape index (κ1) is 16.0. The van der Waals surface area contributed by atoms with Crippen LogP contribution in [0.5, 0.6) is 5.75 Å². The first-order valence-corrected chi connectivity index (χ1v) is 7.13. The smallest absolute Gasteiger partial charge is 0.120 e. The van der Waals surface area contributed by atoms with E-state index in [2.05, 4.69) is 31.7 Å². The lowest BCUT2D eigenvalue weighted by Gasteiger charge is -2.30. The summed E-state index contributed by atoms with van der Waals surface area (Å²) in [6.45, 7) is 8.89. The van der Waals surface area contributed by atoms with Gasteiger partial charge in [0.1, 0.15) is 5.75 Å². The Bertz CT molecular complexity index is 375. The zero-order valence-electron chi connectivity index (χ0n) is 12.6. The van der Waals surface area contributed by atoms with Crippen molar-refractivity contribution in [3.05, 3.63) is 29.3 Å². The standard InChI is InChI=1S/C16H27NO2/c1-5-15(6-2)17(9-10-19-4)12-14-11-13(3)7-8-16(14)18/h7-8,11,15,18H,5-6,9-10,12H2,1-4H3. The van der Waals surface area contributed by atoms with E-state index >= 15 is 0 Å². The Morgan fingerprint density at radius 3 is 2.53 bits per heavy atom. The molecule has 0 aromatic heterocycles. The van der Waals surface area contributed by atoms with E-state index in [4.69, 9.17) is 4.74 Å². The predicted octanol–water partition coefficient (Wildman–Crippen LogP) is 3.34. The van der Waals surface area contributed by atoms with Crippen molar-refractivity contribution in [3.63, 3.8) is 0 Å². The quantitative estimate of drug-likeness (QED) is 0.782. The lowest BCUT2D eigenvalue weighted by atomic mass is 10.1. The average Bonchev–Trinajstić information content (AvgIpc) is 2.41. The van der Waals surface area contributed by atoms with Gasteiger partial charge in [-0.3, -0.25) is 4.90 Å². The van der Waals surface area contributed by atoms with Gasteiger partial charge in [0, 0.05) is 31.8 Å². The largest absolute Gasteiger partial charge is 0.508 e. The third-order valence-corrected chi connectivity index (χ3v) is 3.65. The number of benzene rings is 1. The van der Waals surface area contributed by atoms with Crippen molar-refractivity contribution in [2.75, 3.05) is 20.3 Å². The Kier molecular flexibility index (Phi) is 6.89. The Labute approximate surface area is 117 Å². The van der Waals surface area contributed by atoms with Crippen LogP contribution in [0.2, 0.25) is 0 Å². The minimum absolute atomic E-state index is 0.388. The molecule has 0 amide bonds. The summed E-state index contributed by atoms with van der Waals surface area (Å²) in [5.41, 5.74) is 2.19. The molecule has 0 heterocycles. The number of methoxy groups -OCH3 is 1. The van der Waals surface area contributed by atoms with Gasteiger partial charge in [0.05, 0.1) is 6.61 Å². The zero-order valence-corrected chi connectivity index (χ0v) is 12.6. The maximum absolute atomic E-state index is 9.98. The van der Waals surface area contributed by atoms with Crippen LogP contribution in [-0.2, 0) is 11.3 Å². The number of nitrogens with zero attached hydrogens (tertiary/aromatic N) is 1. The molecule has 19 heavy (non-hydrogen) atoms. The third kappa shape index (κ3) is 4.84. The molecule has 1 N–H and O–H groups in total. The van der Waals surface area contributed by atoms with Gasteiger partial charge in [0.15, 0.2) is 0 Å². The molecule has 0 aliphatic heterocycles. The van der Waals surface area contributed by atoms with Crippen LogP contribution in [0.4, 0.5) is 0 Å². The Balaban J connectivity index is 2.83. The summed E-state index contributed by atoms with van der Waals surface area (Å²) in [7, 11) is 1.73. The monoisotopic (exact) mass is 265 g/mol. The SMILES string of the molecule is CCC(CC)N(CCOC)Cc1cc(C)ccc1O. The minimum atomic E-state index is 0.388. The molecule has 0 atom stereocenters. The number of aromatic hydroxyl groups is 1. The molecule has 108 valence electrons. The molecule has 0 fully saturated rings. The van der Waals surface area contributed by atoms with Crippen LogP contribution >= 0.6 is 0 Å². The van der Waals surface area contributed by atoms with Gasteiger partial charge in [-0.15, -0.1) is 0 Å². The van der Waals surface area contributed by atoms with Gasteiger partial charge in [0.2, 0.25) is 0 Å². The molecule has 0 bridgehead atoms. The number of ether oxygens (including phenoxy) is 1. The van der Waals surface area contributed by atoms with Crippen molar-refractivity contribution in [1.29, 1.82) is 0 Å². The number of rotatable bonds is 8. The highest BCUT2D eigenvalue weighted by Gasteiger charge is 2.16. The lowest BCUT2D eigenvalue weighted by molar-refractivity contribution is 0.109. The van der Waals surface area contributed by atoms with E-state index in [1.807, 2.05) is 6.07 Å². The molecule has 0 unspecified atom stereocenters. The van der Waals surface area contributed by atoms with Crippen LogP contribution in [0.15, 0.2) is 18.2 Å². The molecular weight excluding hydrogens is 238 g/mol. The second kappa shape index (κ2) is 8.18. The fraction of sp³-hybridized carbons (Fsp3) is 0.625. The van der Waals surface area contributed by atoms with Gasteiger partial charge >= 0.3 is 0 Å². The van der Waals surface area contributed by atoms with Gasteiger partial charge in [-0.1, -0.05) is 31.5 Å². The van der Waals surface area contributed by atoms with E-state index in [1.165, 1.54) is 5.56 Å². The number of hydrogen-bond acceptors (Lipinski definition) is 3. The molecule has 0 spiro atoms. The molecule has 3 nitrogen and oxygen atoms in total. The number of phenolic OH excluding ortho intramolecular Hbond substituents is 1. The van der Waals surface area contributed by atoms with Crippen molar-refractivity contribution in [1.82, 2.24) is 4.90 Å². The van der Waals surface area contributed by atoms with Crippen LogP contribution < -0.4 is 0 Å². The summed E-state index contributed by atoms with van der Waals surface area (Å²) in [5.74, 6) is 0.388. The highest BCUT2D eigenvalue weighted by atomic mass is 16.5. The maximum atomic E-state index is 9.98. The first-order chi connectivity index (χ1) is 9.12. The molecule has 3 heteroatoms. The summed E-state index contributed by atoms with van der Waals surface area (Å²) in [4.78, 5) is 2.40. The normalized spacial score (nSPS) is 11.5. The molecule has 0 saturated heterocycles. The van der Waals surface area contributed by atoms with E-state index in [-0.39, 0.29) is 0 Å². The van der Waals surface area contributed by atoms with Crippen molar-refractivity contribution in [2.24, 2.45) is 0 Å². The summed E-state index contributed by atoms with van der Waals surface area (Å²) in [5, 5.41) is 9.98. The topological polar surface area (TPSA) is 32.7 Å². The fourth-order valence-electron chi connectivity index (χ4n) is 2.46. The number of phenols is 1. The molecule has 1 aromatic carbocycles. The highest BCUT2D eigenvalue weighted by Crippen LogP contribution is 2.22. The van der Waals surface area contributed by atoms with Gasteiger partial charge in [-0.05, 0) is 25.8 Å². The van der Waals surface area contributed by atoms with E-state index in [0.717, 1.165) is 38.1 Å². The molecule has 1 rings (SSSR count). The zero-order chi connectivity index (χ0) is 14.3. The Morgan fingerprint density at radius 2 is 1.95 bits per heavy atom. The van der Waals surface area contributed by atoms with Gasteiger partial charge in [0.25, 0.3) is 0 Å². The summed E-state index contributed by atoms with van der Waals surface area (Å²) in [6, 6.07) is 6.33. The lowest BCUT2D eigenvalue weighted by Crippen LogP contribution is -2.36. The average molecular weight is 265 g/mol. The van der Waals surface area contributed by atoms with Crippen LogP contribution in [0.1, 0.15) is 37.8 Å². The minimum Gasteiger partial charge on any atom is -0.508 e. The fourth-order valence-corrected chi connectivity index (χ4v) is 2.46. The highest BCUT2D eigenvalue weighted by molar-refractivity contribution is 5.35. The first-order valence-electron chi connectivity index (χ1n) is 7.13. The van der Waals surface area contributed by atoms with Gasteiger partial charge in [-0.2, -0.15) is 0 Å². The van der Waals surface area contributed by atoms with Gasteiger partial charge in [-0.25, -0.2) is 0 Å². The predicted molar refractivity (Wildman–Crippen MR) is 79.5 cm³/mol. The summed E-state index contributed by atoms with van der Waals surface area (Å²) >= 11 is 0. The Morgan fingerprint density at radius 1 is 1.26 bits per heavy atom. The number of aryl methyl sites for hydroxylation is 1. The summed E-state index contributed by atoms with van der Waals surface area (Å²) < 4.78 is 5.20. The van der Waals surface area contributed by atoms with Crippen molar-refractivity contribution < 1.29 is 9.84 Å². The van der Waals surface area contributed by atoms with E-state index in [9.17, 15) is 5.11 Å². The van der Waals surface area contributed by atoms with E-state index in [0.29, 0.717) is 11.8 Å². The number of hydrogen-bond donors (Lipinski definition) is 1. The van der Waals surface area contributed by atoms with E-state index < -0.39 is 0 Å². The van der Waals surface area contributed by atoms with Crippen LogP contribution in [0.25, 0.3) is 0 Å². The van der Waals surface area contributed by atoms with Crippen LogP contribution in [0, 0.1) is 6.92 Å². The molecule has 0 saturated carbocycles. The molecular formula is C16H27NO2. The van der Waals surface area contributed by atoms with Crippen LogP contribution in [-0.4, -0.2) is 36.3 Å². The van der Waals surface area contributed by atoms with Crippen molar-refractivity contribution in [2.45, 2.75) is 46.2 Å². The molecule has 0 aliphatic rings.